The molecule has 6 heteroatoms. The molecule has 6 nitrogen and oxygen atoms in total. The van der Waals surface area contributed by atoms with Crippen LogP contribution in [0.3, 0.4) is 0 Å². The SMILES string of the molecule is CC/C=C\C/C=C\C/C=C\C/C=C\C/C=C\CC(CC(=O)NC(CO)C(O)CCCCCCCCCCCCCCC)OC(=O)CCCCCCC/C=C/C=C/C=C/C=C/C=C/CCC. The van der Waals surface area contributed by atoms with Crippen LogP contribution in [0.15, 0.2) is 122 Å². The normalized spacial score (nSPS) is 14.2. The van der Waals surface area contributed by atoms with Gasteiger partial charge in [-0.1, -0.05) is 251 Å². The number of allylic oxidation sites excluding steroid dienone is 19. The van der Waals surface area contributed by atoms with Gasteiger partial charge in [-0.3, -0.25) is 9.59 Å². The number of ether oxygens (including phenoxy) is 1. The van der Waals surface area contributed by atoms with Crippen molar-refractivity contribution in [3.05, 3.63) is 122 Å². The zero-order valence-electron chi connectivity index (χ0n) is 41.8. The van der Waals surface area contributed by atoms with Crippen molar-refractivity contribution in [2.45, 2.75) is 232 Å². The topological polar surface area (TPSA) is 95.9 Å². The van der Waals surface area contributed by atoms with Crippen molar-refractivity contribution < 1.29 is 24.5 Å². The number of nitrogens with one attached hydrogen (secondary N) is 1. The van der Waals surface area contributed by atoms with Gasteiger partial charge < -0.3 is 20.3 Å². The summed E-state index contributed by atoms with van der Waals surface area (Å²) >= 11 is 0. The average Bonchev–Trinajstić information content (AvgIpc) is 3.30. The van der Waals surface area contributed by atoms with E-state index in [-0.39, 0.29) is 24.9 Å². The van der Waals surface area contributed by atoms with Crippen molar-refractivity contribution in [3.63, 3.8) is 0 Å². The number of carbonyl (C=O) groups excluding carboxylic acids is 2. The molecular formula is C59H97NO5. The molecule has 0 aromatic carbocycles. The molecule has 0 spiro atoms. The Labute approximate surface area is 400 Å². The third kappa shape index (κ3) is 46.6. The van der Waals surface area contributed by atoms with Gasteiger partial charge in [-0.05, 0) is 64.2 Å². The number of hydrogen-bond donors (Lipinski definition) is 3. The minimum absolute atomic E-state index is 0.0191. The molecule has 0 aliphatic carbocycles. The van der Waals surface area contributed by atoms with Crippen molar-refractivity contribution in [2.75, 3.05) is 6.61 Å². The molecular weight excluding hydrogens is 803 g/mol. The fourth-order valence-electron chi connectivity index (χ4n) is 7.19. The molecule has 0 radical (unpaired) electrons. The van der Waals surface area contributed by atoms with Gasteiger partial charge in [-0.25, -0.2) is 0 Å². The van der Waals surface area contributed by atoms with Crippen LogP contribution in [0.4, 0.5) is 0 Å². The summed E-state index contributed by atoms with van der Waals surface area (Å²) in [4.78, 5) is 26.2. The van der Waals surface area contributed by atoms with Crippen LogP contribution in [0.1, 0.15) is 213 Å². The molecule has 368 valence electrons. The van der Waals surface area contributed by atoms with Crippen molar-refractivity contribution in [2.24, 2.45) is 0 Å². The Morgan fingerprint density at radius 1 is 0.492 bits per heavy atom. The largest absolute Gasteiger partial charge is 0.461 e. The van der Waals surface area contributed by atoms with E-state index in [4.69, 9.17) is 4.74 Å². The van der Waals surface area contributed by atoms with Crippen LogP contribution in [0.2, 0.25) is 0 Å². The standard InChI is InChI=1S/C59H97NO5/c1-4-7-10-13-16-19-22-25-27-28-29-31-34-37-40-43-46-49-52-59(64)65-55(50-47-44-41-38-35-33-30-26-23-20-17-14-11-8-5-2)53-58(63)60-56(54-61)57(62)51-48-45-42-39-36-32-24-21-18-15-12-9-6-3/h8,10-11,13,16-17,19-20,22,25-31,35,38,44,47,55-57,61-62H,4-7,9,12,14-15,18,21,23-24,32-34,36-37,39-43,45-46,48-54H2,1-3H3,(H,60,63)/b11-8-,13-10+,19-16+,20-17-,25-22+,28-27+,30-26-,31-29+,38-35-,47-44-. The van der Waals surface area contributed by atoms with Crippen LogP contribution in [-0.4, -0.2) is 46.9 Å². The first-order chi connectivity index (χ1) is 32.0. The Morgan fingerprint density at radius 2 is 0.938 bits per heavy atom. The van der Waals surface area contributed by atoms with Gasteiger partial charge in [0.2, 0.25) is 5.91 Å². The van der Waals surface area contributed by atoms with Crippen molar-refractivity contribution >= 4 is 11.9 Å². The van der Waals surface area contributed by atoms with Crippen LogP contribution in [0, 0.1) is 0 Å². The minimum Gasteiger partial charge on any atom is -0.461 e. The average molecular weight is 900 g/mol. The van der Waals surface area contributed by atoms with Crippen LogP contribution in [0.25, 0.3) is 0 Å². The molecule has 0 rings (SSSR count). The van der Waals surface area contributed by atoms with Crippen LogP contribution in [0.5, 0.6) is 0 Å². The Kier molecular flexibility index (Phi) is 48.3. The second-order valence-corrected chi connectivity index (χ2v) is 17.3. The fourth-order valence-corrected chi connectivity index (χ4v) is 7.19. The van der Waals surface area contributed by atoms with E-state index in [0.29, 0.717) is 19.3 Å². The van der Waals surface area contributed by atoms with E-state index >= 15 is 0 Å². The number of esters is 1. The third-order valence-corrected chi connectivity index (χ3v) is 11.1. The van der Waals surface area contributed by atoms with Gasteiger partial charge in [-0.2, -0.15) is 0 Å². The third-order valence-electron chi connectivity index (χ3n) is 11.1. The molecule has 0 fully saturated rings. The molecule has 0 saturated carbocycles. The highest BCUT2D eigenvalue weighted by atomic mass is 16.5. The Bertz CT molecular complexity index is 1380. The summed E-state index contributed by atoms with van der Waals surface area (Å²) in [6, 6.07) is -0.746. The first-order valence-electron chi connectivity index (χ1n) is 26.3. The monoisotopic (exact) mass is 900 g/mol. The van der Waals surface area contributed by atoms with E-state index in [1.165, 1.54) is 70.6 Å². The summed E-state index contributed by atoms with van der Waals surface area (Å²) < 4.78 is 5.86. The van der Waals surface area contributed by atoms with Gasteiger partial charge in [-0.15, -0.1) is 0 Å². The van der Waals surface area contributed by atoms with Gasteiger partial charge in [0.05, 0.1) is 25.2 Å². The number of rotatable bonds is 45. The van der Waals surface area contributed by atoms with Gasteiger partial charge >= 0.3 is 5.97 Å². The molecule has 0 aliphatic heterocycles. The van der Waals surface area contributed by atoms with E-state index in [0.717, 1.165) is 96.3 Å². The predicted molar refractivity (Wildman–Crippen MR) is 282 cm³/mol. The highest BCUT2D eigenvalue weighted by Gasteiger charge is 2.23. The maximum absolute atomic E-state index is 13.2. The van der Waals surface area contributed by atoms with E-state index in [9.17, 15) is 19.8 Å². The Hall–Kier alpha value is -3.74. The second-order valence-electron chi connectivity index (χ2n) is 17.3. The number of carbonyl (C=O) groups is 2. The highest BCUT2D eigenvalue weighted by molar-refractivity contribution is 5.77. The Balaban J connectivity index is 4.79. The number of aliphatic hydroxyl groups is 2. The molecule has 1 amide bonds. The van der Waals surface area contributed by atoms with E-state index in [2.05, 4.69) is 111 Å². The van der Waals surface area contributed by atoms with Gasteiger partial charge in [0.1, 0.15) is 6.10 Å². The molecule has 0 bridgehead atoms. The maximum atomic E-state index is 13.2. The molecule has 0 aliphatic rings. The summed E-state index contributed by atoms with van der Waals surface area (Å²) in [6.07, 6.45) is 71.2. The lowest BCUT2D eigenvalue weighted by atomic mass is 10.0. The minimum atomic E-state index is -0.825. The quantitative estimate of drug-likeness (QED) is 0.0245. The molecule has 65 heavy (non-hydrogen) atoms. The van der Waals surface area contributed by atoms with Crippen molar-refractivity contribution in [1.29, 1.82) is 0 Å². The number of aliphatic hydroxyl groups excluding tert-OH is 2. The molecule has 3 N–H and O–H groups in total. The lowest BCUT2D eigenvalue weighted by Crippen LogP contribution is -2.46. The van der Waals surface area contributed by atoms with Crippen LogP contribution >= 0.6 is 0 Å². The molecule has 0 heterocycles. The molecule has 3 atom stereocenters. The zero-order chi connectivity index (χ0) is 47.4. The van der Waals surface area contributed by atoms with E-state index in [1.54, 1.807) is 0 Å². The summed E-state index contributed by atoms with van der Waals surface area (Å²) in [6.45, 7) is 6.24. The molecule has 0 aromatic rings. The lowest BCUT2D eigenvalue weighted by Gasteiger charge is -2.24. The number of hydrogen-bond acceptors (Lipinski definition) is 5. The second kappa shape index (κ2) is 51.2. The molecule has 0 saturated heterocycles. The summed E-state index contributed by atoms with van der Waals surface area (Å²) in [5.74, 6) is -0.619. The summed E-state index contributed by atoms with van der Waals surface area (Å²) in [5.41, 5.74) is 0. The lowest BCUT2D eigenvalue weighted by molar-refractivity contribution is -0.150. The van der Waals surface area contributed by atoms with Crippen molar-refractivity contribution in [3.8, 4) is 0 Å². The fraction of sp³-hybridized carbons (Fsp3) is 0.627. The van der Waals surface area contributed by atoms with Crippen LogP contribution in [-0.2, 0) is 14.3 Å². The van der Waals surface area contributed by atoms with Crippen molar-refractivity contribution in [1.82, 2.24) is 5.32 Å². The van der Waals surface area contributed by atoms with Gasteiger partial charge in [0.15, 0.2) is 0 Å². The summed E-state index contributed by atoms with van der Waals surface area (Å²) in [5, 5.41) is 23.7. The van der Waals surface area contributed by atoms with E-state index < -0.39 is 18.2 Å². The highest BCUT2D eigenvalue weighted by Crippen LogP contribution is 2.16. The Morgan fingerprint density at radius 3 is 1.45 bits per heavy atom. The number of amides is 1. The first-order valence-corrected chi connectivity index (χ1v) is 26.3. The maximum Gasteiger partial charge on any atom is 0.306 e. The summed E-state index contributed by atoms with van der Waals surface area (Å²) in [7, 11) is 0. The smallest absolute Gasteiger partial charge is 0.306 e. The molecule has 0 aromatic heterocycles. The van der Waals surface area contributed by atoms with E-state index in [1.807, 2.05) is 36.5 Å². The van der Waals surface area contributed by atoms with Gasteiger partial charge in [0.25, 0.3) is 0 Å². The number of unbranched alkanes of at least 4 members (excludes halogenated alkanes) is 18. The van der Waals surface area contributed by atoms with Gasteiger partial charge in [0, 0.05) is 12.8 Å². The molecule has 3 unspecified atom stereocenters. The zero-order valence-corrected chi connectivity index (χ0v) is 41.8. The van der Waals surface area contributed by atoms with Crippen LogP contribution < -0.4 is 5.32 Å². The predicted octanol–water partition coefficient (Wildman–Crippen LogP) is 16.1. The first kappa shape index (κ1) is 61.3.